The maximum absolute atomic E-state index is 13.0. The lowest BCUT2D eigenvalue weighted by atomic mass is 9.98. The molecule has 1 aliphatic heterocycles. The number of aryl methyl sites for hydroxylation is 1. The van der Waals surface area contributed by atoms with E-state index in [1.807, 2.05) is 11.8 Å². The smallest absolute Gasteiger partial charge is 0.259 e. The van der Waals surface area contributed by atoms with Gasteiger partial charge in [0, 0.05) is 43.4 Å². The van der Waals surface area contributed by atoms with E-state index < -0.39 is 0 Å². The van der Waals surface area contributed by atoms with Gasteiger partial charge >= 0.3 is 0 Å². The van der Waals surface area contributed by atoms with Crippen molar-refractivity contribution in [1.82, 2.24) is 29.0 Å². The molecule has 130 valence electrons. The molecule has 3 aromatic rings. The van der Waals surface area contributed by atoms with Crippen molar-refractivity contribution in [3.63, 3.8) is 0 Å². The van der Waals surface area contributed by atoms with Gasteiger partial charge in [0.1, 0.15) is 0 Å². The molecule has 1 amide bonds. The van der Waals surface area contributed by atoms with Crippen LogP contribution in [0.3, 0.4) is 0 Å². The Bertz CT molecular complexity index is 969. The first-order valence-electron chi connectivity index (χ1n) is 8.57. The first-order valence-corrected chi connectivity index (χ1v) is 8.57. The molecule has 0 bridgehead atoms. The number of aromatic nitrogens is 5. The number of piperidine rings is 1. The minimum absolute atomic E-state index is 0.0477. The van der Waals surface area contributed by atoms with E-state index in [0.717, 1.165) is 31.5 Å². The monoisotopic (exact) mass is 340 g/mol. The second-order valence-corrected chi connectivity index (χ2v) is 6.28. The molecule has 0 aliphatic carbocycles. The van der Waals surface area contributed by atoms with Gasteiger partial charge in [-0.1, -0.05) is 0 Å². The van der Waals surface area contributed by atoms with Gasteiger partial charge in [-0.15, -0.1) is 0 Å². The normalized spacial score (nSPS) is 18.0. The molecule has 3 aromatic heterocycles. The Hall–Kier alpha value is -2.90. The van der Waals surface area contributed by atoms with E-state index >= 15 is 0 Å². The van der Waals surface area contributed by atoms with Crippen molar-refractivity contribution < 1.29 is 4.79 Å². The fraction of sp³-hybridized carbons (Fsp3) is 0.412. The molecular formula is C17H20N6O2. The zero-order valence-corrected chi connectivity index (χ0v) is 14.1. The fourth-order valence-corrected chi connectivity index (χ4v) is 3.43. The van der Waals surface area contributed by atoms with Gasteiger partial charge in [0.05, 0.1) is 17.8 Å². The topological polar surface area (TPSA) is 88.3 Å². The van der Waals surface area contributed by atoms with Crippen molar-refractivity contribution >= 4 is 11.7 Å². The lowest BCUT2D eigenvalue weighted by Gasteiger charge is -2.35. The Kier molecular flexibility index (Phi) is 3.87. The van der Waals surface area contributed by atoms with E-state index in [4.69, 9.17) is 0 Å². The number of H-pyrrole nitrogens is 1. The van der Waals surface area contributed by atoms with E-state index in [1.54, 1.807) is 35.5 Å². The standard InChI is InChI=1S/C17H20N6O2/c1-2-21-11-12(10-19-21)16(25)22-7-4-3-5-14(22)13-9-15(24)23-8-6-18-17(23)20-13/h6,8-11,14H,2-5,7H2,1H3,(H,18,20)/t14-/m0/s1. The van der Waals surface area contributed by atoms with Crippen LogP contribution in [0.15, 0.2) is 35.6 Å². The van der Waals surface area contributed by atoms with E-state index in [0.29, 0.717) is 17.9 Å². The predicted molar refractivity (Wildman–Crippen MR) is 91.3 cm³/mol. The third kappa shape index (κ3) is 2.73. The molecule has 0 saturated carbocycles. The van der Waals surface area contributed by atoms with Gasteiger partial charge in [-0.2, -0.15) is 5.10 Å². The summed E-state index contributed by atoms with van der Waals surface area (Å²) in [6, 6.07) is 1.42. The minimum atomic E-state index is -0.152. The highest BCUT2D eigenvalue weighted by Gasteiger charge is 2.30. The van der Waals surface area contributed by atoms with Gasteiger partial charge < -0.3 is 9.88 Å². The number of amides is 1. The second-order valence-electron chi connectivity index (χ2n) is 6.28. The van der Waals surface area contributed by atoms with Gasteiger partial charge in [-0.05, 0) is 26.2 Å². The van der Waals surface area contributed by atoms with Crippen LogP contribution in [0.25, 0.3) is 5.78 Å². The first-order chi connectivity index (χ1) is 12.2. The molecule has 1 saturated heterocycles. The largest absolute Gasteiger partial charge is 0.330 e. The van der Waals surface area contributed by atoms with Crippen LogP contribution in [-0.4, -0.2) is 41.5 Å². The van der Waals surface area contributed by atoms with Gasteiger partial charge in [0.2, 0.25) is 5.78 Å². The molecule has 4 heterocycles. The zero-order chi connectivity index (χ0) is 17.4. The van der Waals surface area contributed by atoms with Crippen LogP contribution in [0.1, 0.15) is 48.3 Å². The summed E-state index contributed by atoms with van der Waals surface area (Å²) in [5.41, 5.74) is 1.18. The molecule has 0 radical (unpaired) electrons. The third-order valence-electron chi connectivity index (χ3n) is 4.74. The number of carbonyl (C=O) groups is 1. The van der Waals surface area contributed by atoms with Crippen LogP contribution in [-0.2, 0) is 6.54 Å². The van der Waals surface area contributed by atoms with Crippen LogP contribution in [0.5, 0.6) is 0 Å². The molecule has 0 aromatic carbocycles. The SMILES string of the molecule is CCn1cc(C(=O)N2CCCC[C@H]2c2cc(=O)n3ccnc3[nH]2)cn1. The second kappa shape index (κ2) is 6.19. The third-order valence-corrected chi connectivity index (χ3v) is 4.74. The van der Waals surface area contributed by atoms with Crippen LogP contribution < -0.4 is 5.56 Å². The minimum Gasteiger partial charge on any atom is -0.330 e. The molecule has 0 unspecified atom stereocenters. The van der Waals surface area contributed by atoms with Crippen LogP contribution >= 0.6 is 0 Å². The van der Waals surface area contributed by atoms with E-state index in [9.17, 15) is 9.59 Å². The van der Waals surface area contributed by atoms with E-state index in [1.165, 1.54) is 4.40 Å². The summed E-state index contributed by atoms with van der Waals surface area (Å²) in [5, 5.41) is 4.19. The molecule has 1 N–H and O–H groups in total. The van der Waals surface area contributed by atoms with Crippen molar-refractivity contribution in [1.29, 1.82) is 0 Å². The molecule has 25 heavy (non-hydrogen) atoms. The zero-order valence-electron chi connectivity index (χ0n) is 14.1. The highest BCUT2D eigenvalue weighted by Crippen LogP contribution is 2.30. The van der Waals surface area contributed by atoms with Crippen LogP contribution in [0.2, 0.25) is 0 Å². The first kappa shape index (κ1) is 15.6. The van der Waals surface area contributed by atoms with Gasteiger partial charge in [-0.3, -0.25) is 18.7 Å². The highest BCUT2D eigenvalue weighted by molar-refractivity contribution is 5.94. The Morgan fingerprint density at radius 1 is 1.40 bits per heavy atom. The molecule has 8 nitrogen and oxygen atoms in total. The molecule has 4 rings (SSSR count). The quantitative estimate of drug-likeness (QED) is 0.784. The number of aromatic amines is 1. The summed E-state index contributed by atoms with van der Waals surface area (Å²) in [5.74, 6) is 0.452. The van der Waals surface area contributed by atoms with Gasteiger partial charge in [0.25, 0.3) is 11.5 Å². The number of fused-ring (bicyclic) bond motifs is 1. The van der Waals surface area contributed by atoms with Crippen LogP contribution in [0, 0.1) is 0 Å². The molecule has 8 heteroatoms. The number of nitrogens with zero attached hydrogens (tertiary/aromatic N) is 5. The number of imidazole rings is 1. The summed E-state index contributed by atoms with van der Waals surface area (Å²) in [6.45, 7) is 3.37. The summed E-state index contributed by atoms with van der Waals surface area (Å²) < 4.78 is 3.20. The predicted octanol–water partition coefficient (Wildman–Crippen LogP) is 1.61. The van der Waals surface area contributed by atoms with Gasteiger partial charge in [-0.25, -0.2) is 4.98 Å². The number of hydrogen-bond donors (Lipinski definition) is 1. The molecule has 1 fully saturated rings. The molecule has 1 atom stereocenters. The molecule has 0 spiro atoms. The van der Waals surface area contributed by atoms with E-state index in [2.05, 4.69) is 15.1 Å². The average Bonchev–Trinajstić information content (AvgIpc) is 3.30. The van der Waals surface area contributed by atoms with Gasteiger partial charge in [0.15, 0.2) is 0 Å². The Morgan fingerprint density at radius 2 is 2.28 bits per heavy atom. The van der Waals surface area contributed by atoms with Crippen molar-refractivity contribution in [2.75, 3.05) is 6.54 Å². The van der Waals surface area contributed by atoms with Crippen molar-refractivity contribution in [2.45, 2.75) is 38.8 Å². The summed E-state index contributed by atoms with van der Waals surface area (Å²) in [7, 11) is 0. The van der Waals surface area contributed by atoms with Crippen molar-refractivity contribution in [3.8, 4) is 0 Å². The number of carbonyl (C=O) groups excluding carboxylic acids is 1. The molecule has 1 aliphatic rings. The highest BCUT2D eigenvalue weighted by atomic mass is 16.2. The average molecular weight is 340 g/mol. The number of nitrogens with one attached hydrogen (secondary N) is 1. The lowest BCUT2D eigenvalue weighted by Crippen LogP contribution is -2.39. The summed E-state index contributed by atoms with van der Waals surface area (Å²) in [6.07, 6.45) is 9.39. The Labute approximate surface area is 144 Å². The summed E-state index contributed by atoms with van der Waals surface area (Å²) in [4.78, 5) is 34.5. The van der Waals surface area contributed by atoms with Crippen molar-refractivity contribution in [2.24, 2.45) is 0 Å². The summed E-state index contributed by atoms with van der Waals surface area (Å²) >= 11 is 0. The Morgan fingerprint density at radius 3 is 3.08 bits per heavy atom. The number of rotatable bonds is 3. The molecular weight excluding hydrogens is 320 g/mol. The van der Waals surface area contributed by atoms with Crippen molar-refractivity contribution in [3.05, 3.63) is 52.5 Å². The Balaban J connectivity index is 1.70. The number of hydrogen-bond acceptors (Lipinski definition) is 4. The maximum Gasteiger partial charge on any atom is 0.259 e. The fourth-order valence-electron chi connectivity index (χ4n) is 3.43. The van der Waals surface area contributed by atoms with E-state index in [-0.39, 0.29) is 17.5 Å². The maximum atomic E-state index is 13.0. The number of likely N-dealkylation sites (tertiary alicyclic amines) is 1. The van der Waals surface area contributed by atoms with Crippen LogP contribution in [0.4, 0.5) is 0 Å². The lowest BCUT2D eigenvalue weighted by molar-refractivity contribution is 0.0606.